The molecule has 106 valence electrons. The van der Waals surface area contributed by atoms with E-state index in [4.69, 9.17) is 5.73 Å². The molecule has 1 heterocycles. The van der Waals surface area contributed by atoms with Crippen LogP contribution < -0.4 is 11.1 Å². The van der Waals surface area contributed by atoms with Crippen LogP contribution in [0.3, 0.4) is 0 Å². The average molecular weight is 284 g/mol. The number of nitrogens with one attached hydrogen (secondary N) is 1. The van der Waals surface area contributed by atoms with Crippen molar-refractivity contribution < 1.29 is 8.42 Å². The van der Waals surface area contributed by atoms with Crippen LogP contribution in [0.15, 0.2) is 28.2 Å². The number of nitrogens with two attached hydrogens (primary N) is 1. The number of guanidine groups is 1. The number of aromatic nitrogens is 1. The largest absolute Gasteiger partial charge is 0.370 e. The van der Waals surface area contributed by atoms with Gasteiger partial charge in [-0.1, -0.05) is 6.92 Å². The minimum Gasteiger partial charge on any atom is -0.370 e. The van der Waals surface area contributed by atoms with Gasteiger partial charge in [0.15, 0.2) is 15.8 Å². The predicted molar refractivity (Wildman–Crippen MR) is 75.6 cm³/mol. The van der Waals surface area contributed by atoms with Crippen molar-refractivity contribution in [1.29, 1.82) is 0 Å². The van der Waals surface area contributed by atoms with Gasteiger partial charge >= 0.3 is 0 Å². The van der Waals surface area contributed by atoms with E-state index in [2.05, 4.69) is 15.3 Å². The lowest BCUT2D eigenvalue weighted by Gasteiger charge is -2.11. The van der Waals surface area contributed by atoms with Gasteiger partial charge in [-0.15, -0.1) is 0 Å². The zero-order valence-corrected chi connectivity index (χ0v) is 12.2. The number of hydrogen-bond acceptors (Lipinski definition) is 4. The number of pyridine rings is 1. The first kappa shape index (κ1) is 15.4. The number of aliphatic imine (C=N–C) groups is 1. The van der Waals surface area contributed by atoms with Crippen molar-refractivity contribution in [1.82, 2.24) is 10.3 Å². The Balaban J connectivity index is 2.87. The first-order chi connectivity index (χ1) is 8.84. The van der Waals surface area contributed by atoms with Gasteiger partial charge in [0, 0.05) is 18.5 Å². The fraction of sp³-hybridized carbons (Fsp3) is 0.500. The fourth-order valence-corrected chi connectivity index (χ4v) is 2.31. The average Bonchev–Trinajstić information content (AvgIpc) is 2.35. The molecule has 1 atom stereocenters. The summed E-state index contributed by atoms with van der Waals surface area (Å²) >= 11 is 0. The zero-order valence-electron chi connectivity index (χ0n) is 11.4. The van der Waals surface area contributed by atoms with Crippen LogP contribution in [0.4, 0.5) is 0 Å². The maximum Gasteiger partial charge on any atom is 0.189 e. The number of sulfone groups is 1. The van der Waals surface area contributed by atoms with Crippen LogP contribution in [0, 0.1) is 0 Å². The molecular formula is C12H20N4O2S. The second-order valence-electron chi connectivity index (χ2n) is 4.38. The van der Waals surface area contributed by atoms with Crippen molar-refractivity contribution in [2.24, 2.45) is 10.7 Å². The Bertz CT molecular complexity index is 555. The van der Waals surface area contributed by atoms with E-state index < -0.39 is 9.84 Å². The molecule has 1 aromatic heterocycles. The van der Waals surface area contributed by atoms with Crippen LogP contribution in [0.1, 0.15) is 26.0 Å². The van der Waals surface area contributed by atoms with Crippen LogP contribution in [0.2, 0.25) is 0 Å². The van der Waals surface area contributed by atoms with E-state index in [0.29, 0.717) is 11.7 Å². The van der Waals surface area contributed by atoms with E-state index in [-0.39, 0.29) is 17.5 Å². The van der Waals surface area contributed by atoms with E-state index in [1.807, 2.05) is 13.8 Å². The van der Waals surface area contributed by atoms with Crippen molar-refractivity contribution in [3.63, 3.8) is 0 Å². The molecule has 0 aliphatic heterocycles. The van der Waals surface area contributed by atoms with Crippen LogP contribution >= 0.6 is 0 Å². The summed E-state index contributed by atoms with van der Waals surface area (Å²) in [5, 5.41) is 3.01. The SMILES string of the molecule is CCC(C)NC(N)=NCc1ncccc1S(C)(=O)=O. The Labute approximate surface area is 114 Å². The van der Waals surface area contributed by atoms with Crippen molar-refractivity contribution in [3.05, 3.63) is 24.0 Å². The summed E-state index contributed by atoms with van der Waals surface area (Å²) in [6.45, 7) is 4.16. The van der Waals surface area contributed by atoms with E-state index in [9.17, 15) is 8.42 Å². The van der Waals surface area contributed by atoms with E-state index in [0.717, 1.165) is 12.7 Å². The standard InChI is InChI=1S/C12H20N4O2S/c1-4-9(2)16-12(13)15-8-10-11(19(3,17)18)6-5-7-14-10/h5-7,9H,4,8H2,1-3H3,(H3,13,15,16). The molecule has 6 nitrogen and oxygen atoms in total. The summed E-state index contributed by atoms with van der Waals surface area (Å²) in [6, 6.07) is 3.33. The minimum absolute atomic E-state index is 0.137. The van der Waals surface area contributed by atoms with Crippen molar-refractivity contribution >= 4 is 15.8 Å². The van der Waals surface area contributed by atoms with Crippen LogP contribution in [0.5, 0.6) is 0 Å². The summed E-state index contributed by atoms with van der Waals surface area (Å²) in [5.41, 5.74) is 6.12. The highest BCUT2D eigenvalue weighted by atomic mass is 32.2. The van der Waals surface area contributed by atoms with Crippen molar-refractivity contribution in [2.45, 2.75) is 37.8 Å². The molecular weight excluding hydrogens is 264 g/mol. The van der Waals surface area contributed by atoms with E-state index in [1.54, 1.807) is 6.07 Å². The normalized spacial score (nSPS) is 14.2. The van der Waals surface area contributed by atoms with Gasteiger partial charge in [0.25, 0.3) is 0 Å². The Morgan fingerprint density at radius 2 is 2.26 bits per heavy atom. The highest BCUT2D eigenvalue weighted by molar-refractivity contribution is 7.90. The monoisotopic (exact) mass is 284 g/mol. The molecule has 0 aliphatic carbocycles. The highest BCUT2D eigenvalue weighted by Gasteiger charge is 2.13. The van der Waals surface area contributed by atoms with Gasteiger partial charge in [0.05, 0.1) is 17.1 Å². The third kappa shape index (κ3) is 4.86. The number of rotatable bonds is 5. The van der Waals surface area contributed by atoms with Crippen molar-refractivity contribution in [2.75, 3.05) is 6.26 Å². The van der Waals surface area contributed by atoms with E-state index >= 15 is 0 Å². The molecule has 0 radical (unpaired) electrons. The third-order valence-corrected chi connectivity index (χ3v) is 3.82. The number of nitrogens with zero attached hydrogens (tertiary/aromatic N) is 2. The lowest BCUT2D eigenvalue weighted by molar-refractivity contribution is 0.599. The molecule has 0 bridgehead atoms. The second-order valence-corrected chi connectivity index (χ2v) is 6.36. The second kappa shape index (κ2) is 6.51. The lowest BCUT2D eigenvalue weighted by atomic mass is 10.3. The Hall–Kier alpha value is -1.63. The van der Waals surface area contributed by atoms with Gasteiger partial charge in [-0.05, 0) is 25.5 Å². The first-order valence-electron chi connectivity index (χ1n) is 6.05. The Kier molecular flexibility index (Phi) is 5.29. The molecule has 0 fully saturated rings. The molecule has 19 heavy (non-hydrogen) atoms. The lowest BCUT2D eigenvalue weighted by Crippen LogP contribution is -2.38. The molecule has 1 rings (SSSR count). The summed E-state index contributed by atoms with van der Waals surface area (Å²) in [5.74, 6) is 0.291. The summed E-state index contributed by atoms with van der Waals surface area (Å²) in [4.78, 5) is 8.35. The molecule has 0 spiro atoms. The Morgan fingerprint density at radius 3 is 2.84 bits per heavy atom. The maximum absolute atomic E-state index is 11.6. The molecule has 7 heteroatoms. The topological polar surface area (TPSA) is 97.4 Å². The van der Waals surface area contributed by atoms with E-state index in [1.165, 1.54) is 12.3 Å². The minimum atomic E-state index is -3.30. The summed E-state index contributed by atoms with van der Waals surface area (Å²) in [7, 11) is -3.30. The molecule has 3 N–H and O–H groups in total. The van der Waals surface area contributed by atoms with Gasteiger partial charge in [0.1, 0.15) is 0 Å². The quantitative estimate of drug-likeness (QED) is 0.612. The summed E-state index contributed by atoms with van der Waals surface area (Å²) in [6.07, 6.45) is 3.62. The van der Waals surface area contributed by atoms with Crippen LogP contribution in [-0.2, 0) is 16.4 Å². The van der Waals surface area contributed by atoms with Gasteiger partial charge in [0.2, 0.25) is 0 Å². The van der Waals surface area contributed by atoms with Gasteiger partial charge in [-0.3, -0.25) is 4.98 Å². The molecule has 0 aromatic carbocycles. The van der Waals surface area contributed by atoms with Crippen molar-refractivity contribution in [3.8, 4) is 0 Å². The third-order valence-electron chi connectivity index (χ3n) is 2.65. The molecule has 1 aromatic rings. The smallest absolute Gasteiger partial charge is 0.189 e. The molecule has 0 saturated heterocycles. The maximum atomic E-state index is 11.6. The highest BCUT2D eigenvalue weighted by Crippen LogP contribution is 2.13. The van der Waals surface area contributed by atoms with Gasteiger partial charge < -0.3 is 11.1 Å². The van der Waals surface area contributed by atoms with Gasteiger partial charge in [-0.25, -0.2) is 13.4 Å². The number of hydrogen-bond donors (Lipinski definition) is 2. The Morgan fingerprint density at radius 1 is 1.58 bits per heavy atom. The van der Waals surface area contributed by atoms with Gasteiger partial charge in [-0.2, -0.15) is 0 Å². The molecule has 0 aliphatic rings. The summed E-state index contributed by atoms with van der Waals surface area (Å²) < 4.78 is 23.2. The molecule has 0 saturated carbocycles. The molecule has 0 amide bonds. The fourth-order valence-electron chi connectivity index (χ4n) is 1.44. The predicted octanol–water partition coefficient (Wildman–Crippen LogP) is 0.688. The first-order valence-corrected chi connectivity index (χ1v) is 7.94. The zero-order chi connectivity index (χ0) is 14.5. The van der Waals surface area contributed by atoms with Crippen LogP contribution in [-0.4, -0.2) is 31.7 Å². The molecule has 1 unspecified atom stereocenters. The van der Waals surface area contributed by atoms with Crippen LogP contribution in [0.25, 0.3) is 0 Å².